The number of hydrogen-bond donors (Lipinski definition) is 1. The third-order valence-electron chi connectivity index (χ3n) is 6.44. The SMILES string of the molecule is CC(=O)c1ccc(OC(C)C)c(-n2c(CNC3CCCN(C(=O)OC(C)(C)C)C3)nc3ccccc3c2=O)c1. The molecule has 1 unspecified atom stereocenters. The number of piperidine rings is 1. The number of benzene rings is 2. The number of aromatic nitrogens is 2. The van der Waals surface area contributed by atoms with E-state index in [-0.39, 0.29) is 36.1 Å². The van der Waals surface area contributed by atoms with E-state index in [0.29, 0.717) is 46.8 Å². The molecule has 39 heavy (non-hydrogen) atoms. The van der Waals surface area contributed by atoms with E-state index in [1.165, 1.54) is 11.5 Å². The molecule has 1 saturated heterocycles. The van der Waals surface area contributed by atoms with Crippen molar-refractivity contribution >= 4 is 22.8 Å². The van der Waals surface area contributed by atoms with E-state index in [2.05, 4.69) is 5.32 Å². The van der Waals surface area contributed by atoms with Crippen molar-refractivity contribution in [3.8, 4) is 11.4 Å². The standard InChI is InChI=1S/C30H38N4O5/c1-19(2)38-26-14-13-21(20(3)35)16-25(26)34-27(32-24-12-8-7-11-23(24)28(34)36)17-31-22-10-9-15-33(18-22)29(37)39-30(4,5)6/h7-8,11-14,16,19,22,31H,9-10,15,17-18H2,1-6H3. The largest absolute Gasteiger partial charge is 0.489 e. The lowest BCUT2D eigenvalue weighted by molar-refractivity contribution is 0.0187. The van der Waals surface area contributed by atoms with Crippen molar-refractivity contribution in [3.63, 3.8) is 0 Å². The number of ketones is 1. The second-order valence-corrected chi connectivity index (χ2v) is 11.2. The van der Waals surface area contributed by atoms with Crippen LogP contribution < -0.4 is 15.6 Å². The fraction of sp³-hybridized carbons (Fsp3) is 0.467. The summed E-state index contributed by atoms with van der Waals surface area (Å²) in [5.41, 5.74) is 0.720. The summed E-state index contributed by atoms with van der Waals surface area (Å²) in [7, 11) is 0. The molecule has 1 fully saturated rings. The van der Waals surface area contributed by atoms with Gasteiger partial charge in [0.1, 0.15) is 17.2 Å². The Balaban J connectivity index is 1.71. The Labute approximate surface area is 229 Å². The molecule has 9 heteroatoms. The van der Waals surface area contributed by atoms with Crippen molar-refractivity contribution in [2.75, 3.05) is 13.1 Å². The number of hydrogen-bond acceptors (Lipinski definition) is 7. The van der Waals surface area contributed by atoms with Gasteiger partial charge >= 0.3 is 6.09 Å². The van der Waals surface area contributed by atoms with Gasteiger partial charge in [-0.05, 0) is 84.7 Å². The molecular weight excluding hydrogens is 496 g/mol. The summed E-state index contributed by atoms with van der Waals surface area (Å²) in [4.78, 5) is 45.4. The van der Waals surface area contributed by atoms with Crippen LogP contribution in [0, 0.1) is 0 Å². The molecule has 4 rings (SSSR count). The summed E-state index contributed by atoms with van der Waals surface area (Å²) in [5, 5.41) is 3.98. The minimum atomic E-state index is -0.563. The first-order valence-electron chi connectivity index (χ1n) is 13.5. The molecule has 208 valence electrons. The third kappa shape index (κ3) is 6.84. The van der Waals surface area contributed by atoms with E-state index in [1.807, 2.05) is 46.8 Å². The maximum Gasteiger partial charge on any atom is 0.410 e. The maximum atomic E-state index is 13.9. The zero-order valence-corrected chi connectivity index (χ0v) is 23.6. The average molecular weight is 535 g/mol. The summed E-state index contributed by atoms with van der Waals surface area (Å²) in [6.45, 7) is 12.3. The van der Waals surface area contributed by atoms with E-state index in [1.54, 1.807) is 35.2 Å². The van der Waals surface area contributed by atoms with Gasteiger partial charge in [-0.15, -0.1) is 0 Å². The number of likely N-dealkylation sites (tertiary alicyclic amines) is 1. The van der Waals surface area contributed by atoms with Crippen LogP contribution in [0.25, 0.3) is 16.6 Å². The van der Waals surface area contributed by atoms with Gasteiger partial charge in [0.2, 0.25) is 0 Å². The van der Waals surface area contributed by atoms with Crippen LogP contribution in [0.3, 0.4) is 0 Å². The summed E-state index contributed by atoms with van der Waals surface area (Å²) in [5.74, 6) is 0.866. The topological polar surface area (TPSA) is 103 Å². The van der Waals surface area contributed by atoms with Gasteiger partial charge in [-0.1, -0.05) is 12.1 Å². The van der Waals surface area contributed by atoms with Crippen molar-refractivity contribution in [3.05, 3.63) is 64.2 Å². The highest BCUT2D eigenvalue weighted by Gasteiger charge is 2.28. The Bertz CT molecular complexity index is 1420. The fourth-order valence-corrected chi connectivity index (χ4v) is 4.68. The lowest BCUT2D eigenvalue weighted by atomic mass is 10.1. The van der Waals surface area contributed by atoms with Crippen LogP contribution in [-0.4, -0.2) is 57.2 Å². The van der Waals surface area contributed by atoms with E-state index < -0.39 is 5.60 Å². The molecule has 0 saturated carbocycles. The van der Waals surface area contributed by atoms with Crippen molar-refractivity contribution in [1.82, 2.24) is 19.8 Å². The average Bonchev–Trinajstić information content (AvgIpc) is 2.87. The molecule has 1 amide bonds. The molecule has 1 aliphatic heterocycles. The van der Waals surface area contributed by atoms with Crippen molar-refractivity contribution in [2.45, 2.75) is 78.7 Å². The number of amides is 1. The smallest absolute Gasteiger partial charge is 0.410 e. The molecule has 1 aromatic heterocycles. The number of carbonyl (C=O) groups is 2. The lowest BCUT2D eigenvalue weighted by Gasteiger charge is -2.34. The van der Waals surface area contributed by atoms with Gasteiger partial charge < -0.3 is 19.7 Å². The van der Waals surface area contributed by atoms with Crippen LogP contribution in [-0.2, 0) is 11.3 Å². The predicted molar refractivity (Wildman–Crippen MR) is 151 cm³/mol. The number of Topliss-reactive ketones (excluding diaryl/α,β-unsaturated/α-hetero) is 1. The van der Waals surface area contributed by atoms with E-state index in [0.717, 1.165) is 12.8 Å². The quantitative estimate of drug-likeness (QED) is 0.432. The van der Waals surface area contributed by atoms with Crippen LogP contribution in [0.5, 0.6) is 5.75 Å². The number of fused-ring (bicyclic) bond motifs is 1. The van der Waals surface area contributed by atoms with Gasteiger partial charge in [0.05, 0.1) is 29.2 Å². The minimum Gasteiger partial charge on any atom is -0.489 e. The molecule has 2 heterocycles. The number of nitrogens with one attached hydrogen (secondary N) is 1. The molecule has 1 N–H and O–H groups in total. The van der Waals surface area contributed by atoms with Crippen LogP contribution >= 0.6 is 0 Å². The highest BCUT2D eigenvalue weighted by atomic mass is 16.6. The highest BCUT2D eigenvalue weighted by molar-refractivity contribution is 5.95. The lowest BCUT2D eigenvalue weighted by Crippen LogP contribution is -2.49. The molecule has 0 bridgehead atoms. The van der Waals surface area contributed by atoms with Gasteiger partial charge in [0.15, 0.2) is 5.78 Å². The Morgan fingerprint density at radius 1 is 1.15 bits per heavy atom. The Morgan fingerprint density at radius 2 is 1.90 bits per heavy atom. The summed E-state index contributed by atoms with van der Waals surface area (Å²) >= 11 is 0. The molecule has 1 atom stereocenters. The number of para-hydroxylation sites is 1. The number of ether oxygens (including phenoxy) is 2. The molecule has 0 aliphatic carbocycles. The highest BCUT2D eigenvalue weighted by Crippen LogP contribution is 2.27. The summed E-state index contributed by atoms with van der Waals surface area (Å²) < 4.78 is 13.2. The van der Waals surface area contributed by atoms with Crippen LogP contribution in [0.2, 0.25) is 0 Å². The molecule has 9 nitrogen and oxygen atoms in total. The Hall–Kier alpha value is -3.72. The van der Waals surface area contributed by atoms with Gasteiger partial charge in [-0.2, -0.15) is 0 Å². The second-order valence-electron chi connectivity index (χ2n) is 11.2. The molecule has 1 aliphatic rings. The molecule has 0 radical (unpaired) electrons. The molecular formula is C30H38N4O5. The maximum absolute atomic E-state index is 13.9. The fourth-order valence-electron chi connectivity index (χ4n) is 4.68. The third-order valence-corrected chi connectivity index (χ3v) is 6.44. The van der Waals surface area contributed by atoms with Gasteiger partial charge in [-0.25, -0.2) is 9.78 Å². The summed E-state index contributed by atoms with van der Waals surface area (Å²) in [6, 6.07) is 12.3. The van der Waals surface area contributed by atoms with E-state index in [9.17, 15) is 14.4 Å². The minimum absolute atomic E-state index is 0.00182. The van der Waals surface area contributed by atoms with Gasteiger partial charge in [0.25, 0.3) is 5.56 Å². The van der Waals surface area contributed by atoms with Crippen LogP contribution in [0.1, 0.15) is 70.6 Å². The van der Waals surface area contributed by atoms with Crippen LogP contribution in [0.15, 0.2) is 47.3 Å². The van der Waals surface area contributed by atoms with E-state index in [4.69, 9.17) is 14.5 Å². The zero-order valence-electron chi connectivity index (χ0n) is 23.6. The second kappa shape index (κ2) is 11.6. The Morgan fingerprint density at radius 3 is 2.59 bits per heavy atom. The molecule has 2 aromatic carbocycles. The monoisotopic (exact) mass is 534 g/mol. The number of carbonyl (C=O) groups excluding carboxylic acids is 2. The van der Waals surface area contributed by atoms with Crippen LogP contribution in [0.4, 0.5) is 4.79 Å². The van der Waals surface area contributed by atoms with Gasteiger partial charge in [0, 0.05) is 24.7 Å². The predicted octanol–water partition coefficient (Wildman–Crippen LogP) is 4.86. The normalized spacial score (nSPS) is 16.0. The van der Waals surface area contributed by atoms with Crippen molar-refractivity contribution in [1.29, 1.82) is 0 Å². The van der Waals surface area contributed by atoms with Crippen molar-refractivity contribution in [2.24, 2.45) is 0 Å². The first-order valence-corrected chi connectivity index (χ1v) is 13.5. The number of rotatable bonds is 7. The van der Waals surface area contributed by atoms with E-state index >= 15 is 0 Å². The number of nitrogens with zero attached hydrogens (tertiary/aromatic N) is 3. The Kier molecular flexibility index (Phi) is 8.39. The zero-order chi connectivity index (χ0) is 28.3. The summed E-state index contributed by atoms with van der Waals surface area (Å²) in [6.07, 6.45) is 1.24. The van der Waals surface area contributed by atoms with Gasteiger partial charge in [-0.3, -0.25) is 14.2 Å². The molecule has 3 aromatic rings. The first kappa shape index (κ1) is 28.3. The molecule has 0 spiro atoms. The first-order chi connectivity index (χ1) is 18.4. The van der Waals surface area contributed by atoms with Crippen molar-refractivity contribution < 1.29 is 19.1 Å².